The molecule has 1 fully saturated rings. The summed E-state index contributed by atoms with van der Waals surface area (Å²) in [5, 5.41) is 3.47. The molecule has 1 atom stereocenters. The van der Waals surface area contributed by atoms with Crippen LogP contribution in [0, 0.1) is 0 Å². The molecule has 86 valence electrons. The predicted octanol–water partition coefficient (Wildman–Crippen LogP) is 2.31. The van der Waals surface area contributed by atoms with Gasteiger partial charge in [-0.2, -0.15) is 0 Å². The largest absolute Gasteiger partial charge is 0.492 e. The molecule has 1 aliphatic heterocycles. The molecule has 1 unspecified atom stereocenters. The van der Waals surface area contributed by atoms with Crippen LogP contribution in [0.2, 0.25) is 0 Å². The van der Waals surface area contributed by atoms with Gasteiger partial charge in [-0.05, 0) is 55.8 Å². The first kappa shape index (κ1) is 10.2. The zero-order valence-electron chi connectivity index (χ0n) is 9.67. The molecule has 1 aliphatic carbocycles. The second-order valence-electron chi connectivity index (χ2n) is 4.85. The number of nitrogens with one attached hydrogen (secondary N) is 1. The van der Waals surface area contributed by atoms with E-state index in [1.807, 2.05) is 0 Å². The van der Waals surface area contributed by atoms with Gasteiger partial charge in [0.15, 0.2) is 0 Å². The highest BCUT2D eigenvalue weighted by Crippen LogP contribution is 2.30. The molecule has 2 aliphatic rings. The fourth-order valence-electron chi connectivity index (χ4n) is 2.81. The summed E-state index contributed by atoms with van der Waals surface area (Å²) in [4.78, 5) is 0. The van der Waals surface area contributed by atoms with Gasteiger partial charge in [-0.3, -0.25) is 0 Å². The molecular formula is C14H19NO. The van der Waals surface area contributed by atoms with Crippen LogP contribution in [0.4, 0.5) is 0 Å². The van der Waals surface area contributed by atoms with E-state index in [0.717, 1.165) is 18.9 Å². The van der Waals surface area contributed by atoms with Gasteiger partial charge in [-0.1, -0.05) is 12.1 Å². The van der Waals surface area contributed by atoms with E-state index in [-0.39, 0.29) is 0 Å². The van der Waals surface area contributed by atoms with Crippen LogP contribution in [0.1, 0.15) is 30.4 Å². The average molecular weight is 217 g/mol. The Bertz CT molecular complexity index is 369. The second-order valence-corrected chi connectivity index (χ2v) is 4.85. The number of rotatable bonds is 3. The molecule has 0 spiro atoms. The molecule has 0 aromatic heterocycles. The molecule has 2 heteroatoms. The molecule has 1 N–H and O–H groups in total. The van der Waals surface area contributed by atoms with Crippen molar-refractivity contribution in [2.45, 2.75) is 38.1 Å². The van der Waals surface area contributed by atoms with E-state index in [9.17, 15) is 0 Å². The van der Waals surface area contributed by atoms with Crippen LogP contribution in [-0.2, 0) is 12.8 Å². The van der Waals surface area contributed by atoms with Crippen LogP contribution >= 0.6 is 0 Å². The van der Waals surface area contributed by atoms with Gasteiger partial charge in [0.1, 0.15) is 12.4 Å². The lowest BCUT2D eigenvalue weighted by molar-refractivity contribution is 0.275. The van der Waals surface area contributed by atoms with E-state index >= 15 is 0 Å². The number of ether oxygens (including phenoxy) is 1. The van der Waals surface area contributed by atoms with Crippen LogP contribution in [0.25, 0.3) is 0 Å². The van der Waals surface area contributed by atoms with E-state index in [2.05, 4.69) is 23.5 Å². The van der Waals surface area contributed by atoms with Crippen molar-refractivity contribution in [2.24, 2.45) is 0 Å². The summed E-state index contributed by atoms with van der Waals surface area (Å²) in [5.41, 5.74) is 2.96. The molecule has 0 radical (unpaired) electrons. The standard InChI is InChI=1S/C14H19NO/c1-4-11-5-2-8-14(13(11)7-1)16-10-12-6-3-9-15-12/h2,5,8,12,15H,1,3-4,6-7,9-10H2. The van der Waals surface area contributed by atoms with Crippen molar-refractivity contribution in [3.05, 3.63) is 29.3 Å². The fraction of sp³-hybridized carbons (Fsp3) is 0.571. The summed E-state index contributed by atoms with van der Waals surface area (Å²) < 4.78 is 5.97. The van der Waals surface area contributed by atoms with Crippen molar-refractivity contribution in [3.8, 4) is 5.75 Å². The van der Waals surface area contributed by atoms with Gasteiger partial charge in [0.05, 0.1) is 0 Å². The maximum absolute atomic E-state index is 5.97. The average Bonchev–Trinajstić information content (AvgIpc) is 2.97. The van der Waals surface area contributed by atoms with Gasteiger partial charge in [0, 0.05) is 6.04 Å². The molecule has 1 aromatic rings. The number of benzene rings is 1. The fourth-order valence-corrected chi connectivity index (χ4v) is 2.81. The highest BCUT2D eigenvalue weighted by atomic mass is 16.5. The third-order valence-electron chi connectivity index (χ3n) is 3.71. The van der Waals surface area contributed by atoms with Crippen LogP contribution < -0.4 is 10.1 Å². The number of fused-ring (bicyclic) bond motifs is 1. The predicted molar refractivity (Wildman–Crippen MR) is 65.0 cm³/mol. The molecule has 0 bridgehead atoms. The van der Waals surface area contributed by atoms with Crippen molar-refractivity contribution in [1.82, 2.24) is 5.32 Å². The maximum atomic E-state index is 5.97. The van der Waals surface area contributed by atoms with E-state index in [4.69, 9.17) is 4.74 Å². The van der Waals surface area contributed by atoms with Gasteiger partial charge in [0.25, 0.3) is 0 Å². The summed E-state index contributed by atoms with van der Waals surface area (Å²) in [5.74, 6) is 1.13. The first-order chi connectivity index (χ1) is 7.93. The minimum absolute atomic E-state index is 0.567. The molecule has 1 aromatic carbocycles. The van der Waals surface area contributed by atoms with Crippen LogP contribution in [0.5, 0.6) is 5.75 Å². The molecule has 0 saturated carbocycles. The zero-order valence-corrected chi connectivity index (χ0v) is 9.67. The minimum Gasteiger partial charge on any atom is -0.492 e. The van der Waals surface area contributed by atoms with Crippen LogP contribution in [0.15, 0.2) is 18.2 Å². The van der Waals surface area contributed by atoms with Gasteiger partial charge in [-0.15, -0.1) is 0 Å². The molecule has 3 rings (SSSR count). The Hall–Kier alpha value is -1.02. The normalized spacial score (nSPS) is 23.4. The van der Waals surface area contributed by atoms with Crippen molar-refractivity contribution in [3.63, 3.8) is 0 Å². The molecule has 1 saturated heterocycles. The number of aryl methyl sites for hydroxylation is 1. The Labute approximate surface area is 97.0 Å². The Morgan fingerprint density at radius 1 is 1.25 bits per heavy atom. The summed E-state index contributed by atoms with van der Waals surface area (Å²) in [7, 11) is 0. The van der Waals surface area contributed by atoms with Gasteiger partial charge in [0.2, 0.25) is 0 Å². The zero-order chi connectivity index (χ0) is 10.8. The number of hydrogen-bond acceptors (Lipinski definition) is 2. The quantitative estimate of drug-likeness (QED) is 0.839. The molecule has 0 amide bonds. The first-order valence-electron chi connectivity index (χ1n) is 6.40. The van der Waals surface area contributed by atoms with E-state index in [1.54, 1.807) is 0 Å². The minimum atomic E-state index is 0.567. The van der Waals surface area contributed by atoms with Crippen LogP contribution in [0.3, 0.4) is 0 Å². The van der Waals surface area contributed by atoms with E-state index in [0.29, 0.717) is 6.04 Å². The molecule has 2 nitrogen and oxygen atoms in total. The van der Waals surface area contributed by atoms with Gasteiger partial charge in [-0.25, -0.2) is 0 Å². The summed E-state index contributed by atoms with van der Waals surface area (Å²) in [6.45, 7) is 1.98. The SMILES string of the molecule is c1cc2c(c(OCC3CCCN3)c1)CCC2. The Morgan fingerprint density at radius 3 is 3.12 bits per heavy atom. The molecule has 16 heavy (non-hydrogen) atoms. The van der Waals surface area contributed by atoms with Crippen LogP contribution in [-0.4, -0.2) is 19.2 Å². The first-order valence-corrected chi connectivity index (χ1v) is 6.40. The molecular weight excluding hydrogens is 198 g/mol. The Morgan fingerprint density at radius 2 is 2.25 bits per heavy atom. The van der Waals surface area contributed by atoms with E-state index < -0.39 is 0 Å². The van der Waals surface area contributed by atoms with E-state index in [1.165, 1.54) is 43.2 Å². The van der Waals surface area contributed by atoms with Crippen molar-refractivity contribution >= 4 is 0 Å². The highest BCUT2D eigenvalue weighted by Gasteiger charge is 2.18. The summed E-state index contributed by atoms with van der Waals surface area (Å²) >= 11 is 0. The molecule has 1 heterocycles. The third-order valence-corrected chi connectivity index (χ3v) is 3.71. The lowest BCUT2D eigenvalue weighted by Gasteiger charge is -2.14. The second kappa shape index (κ2) is 4.46. The van der Waals surface area contributed by atoms with Crippen molar-refractivity contribution in [1.29, 1.82) is 0 Å². The summed E-state index contributed by atoms with van der Waals surface area (Å²) in [6, 6.07) is 7.06. The maximum Gasteiger partial charge on any atom is 0.122 e. The lowest BCUT2D eigenvalue weighted by Crippen LogP contribution is -2.28. The highest BCUT2D eigenvalue weighted by molar-refractivity contribution is 5.43. The third kappa shape index (κ3) is 1.94. The Kier molecular flexibility index (Phi) is 2.83. The lowest BCUT2D eigenvalue weighted by atomic mass is 10.1. The summed E-state index contributed by atoms with van der Waals surface area (Å²) in [6.07, 6.45) is 6.27. The number of hydrogen-bond donors (Lipinski definition) is 1. The monoisotopic (exact) mass is 217 g/mol. The topological polar surface area (TPSA) is 21.3 Å². The smallest absolute Gasteiger partial charge is 0.122 e. The van der Waals surface area contributed by atoms with Crippen molar-refractivity contribution < 1.29 is 4.74 Å². The van der Waals surface area contributed by atoms with Crippen molar-refractivity contribution in [2.75, 3.05) is 13.2 Å². The Balaban J connectivity index is 1.67. The van der Waals surface area contributed by atoms with Gasteiger partial charge >= 0.3 is 0 Å². The van der Waals surface area contributed by atoms with Gasteiger partial charge < -0.3 is 10.1 Å².